The van der Waals surface area contributed by atoms with Crippen molar-refractivity contribution in [3.05, 3.63) is 29.3 Å². The molecule has 0 heterocycles. The first-order valence-corrected chi connectivity index (χ1v) is 7.12. The minimum atomic E-state index is -0.787. The highest BCUT2D eigenvalue weighted by Crippen LogP contribution is 2.23. The maximum atomic E-state index is 9.98. The first kappa shape index (κ1) is 16.5. The van der Waals surface area contributed by atoms with Crippen LogP contribution in [-0.2, 0) is 6.54 Å². The van der Waals surface area contributed by atoms with Crippen molar-refractivity contribution in [3.8, 4) is 6.07 Å². The molecule has 4 heteroatoms. The summed E-state index contributed by atoms with van der Waals surface area (Å²) in [5, 5.41) is 22.6. The van der Waals surface area contributed by atoms with E-state index < -0.39 is 5.60 Å². The number of hydrogen-bond acceptors (Lipinski definition) is 4. The molecule has 0 bridgehead atoms. The lowest BCUT2D eigenvalue weighted by Crippen LogP contribution is -2.39. The van der Waals surface area contributed by atoms with E-state index in [1.165, 1.54) is 0 Å². The highest BCUT2D eigenvalue weighted by Gasteiger charge is 2.19. The molecule has 0 atom stereocenters. The molecular formula is C16H25N3O. The number of nitrogens with zero attached hydrogens (tertiary/aromatic N) is 2. The number of aliphatic hydroxyl groups is 1. The quantitative estimate of drug-likeness (QED) is 0.801. The van der Waals surface area contributed by atoms with Crippen LogP contribution in [0.1, 0.15) is 38.8 Å². The van der Waals surface area contributed by atoms with E-state index in [-0.39, 0.29) is 0 Å². The SMILES string of the molecule is CCNCc1ccc(N(CC)CC(C)(C)O)c(C#N)c1. The van der Waals surface area contributed by atoms with Gasteiger partial charge in [-0.15, -0.1) is 0 Å². The lowest BCUT2D eigenvalue weighted by atomic mass is 10.1. The van der Waals surface area contributed by atoms with Crippen LogP contribution in [0.15, 0.2) is 18.2 Å². The Morgan fingerprint density at radius 3 is 2.55 bits per heavy atom. The largest absolute Gasteiger partial charge is 0.389 e. The van der Waals surface area contributed by atoms with Crippen LogP contribution in [0, 0.1) is 11.3 Å². The smallest absolute Gasteiger partial charge is 0.101 e. The van der Waals surface area contributed by atoms with Crippen LogP contribution >= 0.6 is 0 Å². The molecule has 1 aromatic carbocycles. The second-order valence-electron chi connectivity index (χ2n) is 5.57. The Morgan fingerprint density at radius 2 is 2.05 bits per heavy atom. The number of hydrogen-bond donors (Lipinski definition) is 2. The second-order valence-corrected chi connectivity index (χ2v) is 5.57. The topological polar surface area (TPSA) is 59.3 Å². The van der Waals surface area contributed by atoms with E-state index in [0.717, 1.165) is 30.9 Å². The normalized spacial score (nSPS) is 11.2. The average molecular weight is 275 g/mol. The van der Waals surface area contributed by atoms with Gasteiger partial charge in [0.15, 0.2) is 0 Å². The van der Waals surface area contributed by atoms with Gasteiger partial charge in [-0.1, -0.05) is 13.0 Å². The molecular weight excluding hydrogens is 250 g/mol. The predicted molar refractivity (Wildman–Crippen MR) is 82.7 cm³/mol. The van der Waals surface area contributed by atoms with Gasteiger partial charge in [-0.3, -0.25) is 0 Å². The van der Waals surface area contributed by atoms with E-state index in [0.29, 0.717) is 12.1 Å². The first-order chi connectivity index (χ1) is 9.41. The van der Waals surface area contributed by atoms with Gasteiger partial charge in [-0.05, 0) is 45.0 Å². The van der Waals surface area contributed by atoms with Gasteiger partial charge in [0, 0.05) is 19.6 Å². The molecule has 1 aromatic rings. The monoisotopic (exact) mass is 275 g/mol. The Hall–Kier alpha value is -1.57. The molecule has 0 aromatic heterocycles. The summed E-state index contributed by atoms with van der Waals surface area (Å²) in [5.74, 6) is 0. The molecule has 0 saturated heterocycles. The Kier molecular flexibility index (Phi) is 6.00. The number of nitriles is 1. The third kappa shape index (κ3) is 4.84. The average Bonchev–Trinajstić information content (AvgIpc) is 2.41. The van der Waals surface area contributed by atoms with Gasteiger partial charge < -0.3 is 15.3 Å². The maximum Gasteiger partial charge on any atom is 0.101 e. The zero-order valence-electron chi connectivity index (χ0n) is 12.9. The van der Waals surface area contributed by atoms with Crippen molar-refractivity contribution in [2.45, 2.75) is 39.8 Å². The van der Waals surface area contributed by atoms with Crippen molar-refractivity contribution < 1.29 is 5.11 Å². The van der Waals surface area contributed by atoms with Crippen LogP contribution in [0.25, 0.3) is 0 Å². The minimum Gasteiger partial charge on any atom is -0.389 e. The second kappa shape index (κ2) is 7.28. The van der Waals surface area contributed by atoms with Gasteiger partial charge >= 0.3 is 0 Å². The van der Waals surface area contributed by atoms with E-state index in [2.05, 4.69) is 18.3 Å². The molecule has 2 N–H and O–H groups in total. The summed E-state index contributed by atoms with van der Waals surface area (Å²) in [6, 6.07) is 8.19. The highest BCUT2D eigenvalue weighted by atomic mass is 16.3. The molecule has 0 unspecified atom stereocenters. The first-order valence-electron chi connectivity index (χ1n) is 7.12. The van der Waals surface area contributed by atoms with E-state index >= 15 is 0 Å². The number of nitrogens with one attached hydrogen (secondary N) is 1. The molecule has 0 saturated carbocycles. The van der Waals surface area contributed by atoms with Gasteiger partial charge in [-0.25, -0.2) is 0 Å². The van der Waals surface area contributed by atoms with Crippen molar-refractivity contribution in [1.82, 2.24) is 5.32 Å². The summed E-state index contributed by atoms with van der Waals surface area (Å²) in [4.78, 5) is 2.04. The lowest BCUT2D eigenvalue weighted by Gasteiger charge is -2.30. The van der Waals surface area contributed by atoms with Crippen LogP contribution in [-0.4, -0.2) is 30.3 Å². The summed E-state index contributed by atoms with van der Waals surface area (Å²) < 4.78 is 0. The lowest BCUT2D eigenvalue weighted by molar-refractivity contribution is 0.0876. The standard InChI is InChI=1S/C16H25N3O/c1-5-18-11-13-7-8-15(14(9-13)10-17)19(6-2)12-16(3,4)20/h7-9,18,20H,5-6,11-12H2,1-4H3. The summed E-state index contributed by atoms with van der Waals surface area (Å²) in [6.45, 7) is 10.6. The summed E-state index contributed by atoms with van der Waals surface area (Å²) in [6.07, 6.45) is 0. The zero-order chi connectivity index (χ0) is 15.2. The van der Waals surface area contributed by atoms with E-state index in [1.807, 2.05) is 30.0 Å². The molecule has 0 aliphatic heterocycles. The summed E-state index contributed by atoms with van der Waals surface area (Å²) >= 11 is 0. The number of rotatable bonds is 7. The van der Waals surface area contributed by atoms with Crippen molar-refractivity contribution in [1.29, 1.82) is 5.26 Å². The Balaban J connectivity index is 3.01. The maximum absolute atomic E-state index is 9.98. The van der Waals surface area contributed by atoms with E-state index in [9.17, 15) is 10.4 Å². The Bertz CT molecular complexity index is 472. The van der Waals surface area contributed by atoms with Crippen LogP contribution in [0.5, 0.6) is 0 Å². The van der Waals surface area contributed by atoms with Crippen LogP contribution in [0.3, 0.4) is 0 Å². The molecule has 20 heavy (non-hydrogen) atoms. The van der Waals surface area contributed by atoms with Crippen molar-refractivity contribution in [3.63, 3.8) is 0 Å². The fraction of sp³-hybridized carbons (Fsp3) is 0.562. The van der Waals surface area contributed by atoms with Crippen LogP contribution < -0.4 is 10.2 Å². The minimum absolute atomic E-state index is 0.505. The molecule has 0 radical (unpaired) electrons. The van der Waals surface area contributed by atoms with Gasteiger partial charge in [-0.2, -0.15) is 5.26 Å². The highest BCUT2D eigenvalue weighted by molar-refractivity contribution is 5.60. The molecule has 0 spiro atoms. The third-order valence-corrected chi connectivity index (χ3v) is 3.06. The third-order valence-electron chi connectivity index (χ3n) is 3.06. The molecule has 4 nitrogen and oxygen atoms in total. The number of benzene rings is 1. The fourth-order valence-electron chi connectivity index (χ4n) is 2.16. The number of likely N-dealkylation sites (N-methyl/N-ethyl adjacent to an activating group) is 1. The molecule has 110 valence electrons. The van der Waals surface area contributed by atoms with Gasteiger partial charge in [0.25, 0.3) is 0 Å². The van der Waals surface area contributed by atoms with Crippen LogP contribution in [0.4, 0.5) is 5.69 Å². The molecule has 0 aliphatic rings. The van der Waals surface area contributed by atoms with Crippen molar-refractivity contribution in [2.75, 3.05) is 24.5 Å². The van der Waals surface area contributed by atoms with E-state index in [1.54, 1.807) is 13.8 Å². The predicted octanol–water partition coefficient (Wildman–Crippen LogP) is 2.26. The molecule has 1 rings (SSSR count). The fourth-order valence-corrected chi connectivity index (χ4v) is 2.16. The summed E-state index contributed by atoms with van der Waals surface area (Å²) in [7, 11) is 0. The Labute approximate surface area is 122 Å². The van der Waals surface area contributed by atoms with Crippen LogP contribution in [0.2, 0.25) is 0 Å². The van der Waals surface area contributed by atoms with Crippen molar-refractivity contribution >= 4 is 5.69 Å². The summed E-state index contributed by atoms with van der Waals surface area (Å²) in [5.41, 5.74) is 1.86. The van der Waals surface area contributed by atoms with Crippen molar-refractivity contribution in [2.24, 2.45) is 0 Å². The van der Waals surface area contributed by atoms with Gasteiger partial charge in [0.05, 0.1) is 16.9 Å². The van der Waals surface area contributed by atoms with Gasteiger partial charge in [0.2, 0.25) is 0 Å². The molecule has 0 aliphatic carbocycles. The zero-order valence-corrected chi connectivity index (χ0v) is 12.9. The van der Waals surface area contributed by atoms with E-state index in [4.69, 9.17) is 0 Å². The molecule has 0 fully saturated rings. The van der Waals surface area contributed by atoms with Gasteiger partial charge in [0.1, 0.15) is 6.07 Å². The Morgan fingerprint density at radius 1 is 1.35 bits per heavy atom. The number of anilines is 1. The molecule has 0 amide bonds.